The minimum atomic E-state index is -0.874. The summed E-state index contributed by atoms with van der Waals surface area (Å²) >= 11 is 11.6. The number of carbonyl (C=O) groups excluding carboxylic acids is 2. The molecule has 2 amide bonds. The molecule has 2 aromatic carbocycles. The number of nitrogens with zero attached hydrogens (tertiary/aromatic N) is 1. The summed E-state index contributed by atoms with van der Waals surface area (Å²) < 4.78 is 0. The van der Waals surface area contributed by atoms with Crippen LogP contribution in [0.5, 0.6) is 0 Å². The molecule has 0 aliphatic heterocycles. The van der Waals surface area contributed by atoms with Crippen LogP contribution in [0.1, 0.15) is 5.56 Å². The fraction of sp³-hybridized carbons (Fsp3) is 0. The van der Waals surface area contributed by atoms with Gasteiger partial charge in [0.1, 0.15) is 0 Å². The average molecular weight is 334 g/mol. The van der Waals surface area contributed by atoms with E-state index in [2.05, 4.69) is 10.6 Å². The van der Waals surface area contributed by atoms with Gasteiger partial charge < -0.3 is 10.6 Å². The molecule has 0 aliphatic carbocycles. The third-order valence-corrected chi connectivity index (χ3v) is 3.01. The highest BCUT2D eigenvalue weighted by Gasteiger charge is 2.14. The Kier molecular flexibility index (Phi) is 4.99. The molecule has 0 atom stereocenters. The van der Waals surface area contributed by atoms with Gasteiger partial charge in [0.2, 0.25) is 0 Å². The number of rotatable bonds is 2. The Hall–Kier alpha value is -2.55. The standard InChI is InChI=1S/C15H9Cl2N3O2/c16-10-5-11(17)7-13(6-10)20-15(22)14(21)19-12-3-1-2-9(4-12)8-18/h1-7H,(H,19,21)(H,20,22). The molecule has 5 nitrogen and oxygen atoms in total. The normalized spacial score (nSPS) is 9.68. The van der Waals surface area contributed by atoms with Crippen molar-refractivity contribution in [3.8, 4) is 6.07 Å². The van der Waals surface area contributed by atoms with Crippen molar-refractivity contribution >= 4 is 46.4 Å². The minimum absolute atomic E-state index is 0.309. The van der Waals surface area contributed by atoms with Gasteiger partial charge >= 0.3 is 11.8 Å². The van der Waals surface area contributed by atoms with Gasteiger partial charge in [-0.2, -0.15) is 5.26 Å². The molecule has 0 radical (unpaired) electrons. The first-order valence-corrected chi connectivity index (χ1v) is 6.82. The van der Waals surface area contributed by atoms with Crippen molar-refractivity contribution in [2.75, 3.05) is 10.6 Å². The molecule has 110 valence electrons. The van der Waals surface area contributed by atoms with Crippen LogP contribution in [-0.4, -0.2) is 11.8 Å². The molecule has 2 N–H and O–H groups in total. The van der Waals surface area contributed by atoms with Crippen LogP contribution in [0.15, 0.2) is 42.5 Å². The van der Waals surface area contributed by atoms with E-state index < -0.39 is 11.8 Å². The molecule has 7 heteroatoms. The van der Waals surface area contributed by atoms with Crippen molar-refractivity contribution in [1.29, 1.82) is 5.26 Å². The van der Waals surface area contributed by atoms with Crippen LogP contribution in [-0.2, 0) is 9.59 Å². The Labute approximate surface area is 136 Å². The number of amides is 2. The molecule has 0 unspecified atom stereocenters. The number of hydrogen-bond acceptors (Lipinski definition) is 3. The average Bonchev–Trinajstić information content (AvgIpc) is 2.46. The molecule has 0 spiro atoms. The monoisotopic (exact) mass is 333 g/mol. The quantitative estimate of drug-likeness (QED) is 0.826. The second-order valence-electron chi connectivity index (χ2n) is 4.26. The summed E-state index contributed by atoms with van der Waals surface area (Å²) in [6.45, 7) is 0. The number of carbonyl (C=O) groups is 2. The molecule has 0 saturated heterocycles. The maximum absolute atomic E-state index is 11.8. The predicted octanol–water partition coefficient (Wildman–Crippen LogP) is 3.44. The van der Waals surface area contributed by atoms with Gasteiger partial charge in [0.05, 0.1) is 11.6 Å². The fourth-order valence-electron chi connectivity index (χ4n) is 1.67. The topological polar surface area (TPSA) is 82.0 Å². The lowest BCUT2D eigenvalue weighted by Crippen LogP contribution is -2.29. The van der Waals surface area contributed by atoms with Crippen molar-refractivity contribution in [2.24, 2.45) is 0 Å². The van der Waals surface area contributed by atoms with E-state index >= 15 is 0 Å². The largest absolute Gasteiger partial charge is 0.318 e. The van der Waals surface area contributed by atoms with Crippen LogP contribution in [0.2, 0.25) is 10.0 Å². The molecule has 0 bridgehead atoms. The number of halogens is 2. The van der Waals surface area contributed by atoms with Gasteiger partial charge in [-0.3, -0.25) is 9.59 Å². The predicted molar refractivity (Wildman–Crippen MR) is 84.9 cm³/mol. The molecule has 22 heavy (non-hydrogen) atoms. The Morgan fingerprint density at radius 3 is 2.09 bits per heavy atom. The molecule has 0 heterocycles. The SMILES string of the molecule is N#Cc1cccc(NC(=O)C(=O)Nc2cc(Cl)cc(Cl)c2)c1. The van der Waals surface area contributed by atoms with Gasteiger partial charge in [-0.25, -0.2) is 0 Å². The van der Waals surface area contributed by atoms with E-state index in [0.717, 1.165) is 0 Å². The Balaban J connectivity index is 2.06. The summed E-state index contributed by atoms with van der Waals surface area (Å²) in [7, 11) is 0. The lowest BCUT2D eigenvalue weighted by Gasteiger charge is -2.07. The van der Waals surface area contributed by atoms with Gasteiger partial charge in [0, 0.05) is 21.4 Å². The number of hydrogen-bond donors (Lipinski definition) is 2. The zero-order chi connectivity index (χ0) is 16.1. The van der Waals surface area contributed by atoms with Crippen LogP contribution in [0, 0.1) is 11.3 Å². The summed E-state index contributed by atoms with van der Waals surface area (Å²) in [5, 5.41) is 14.2. The third-order valence-electron chi connectivity index (χ3n) is 2.58. The third kappa shape index (κ3) is 4.22. The molecular weight excluding hydrogens is 325 g/mol. The summed E-state index contributed by atoms with van der Waals surface area (Å²) in [6, 6.07) is 12.6. The Morgan fingerprint density at radius 2 is 1.50 bits per heavy atom. The first kappa shape index (κ1) is 15.8. The smallest absolute Gasteiger partial charge is 0.314 e. The van der Waals surface area contributed by atoms with E-state index in [9.17, 15) is 9.59 Å². The zero-order valence-corrected chi connectivity index (χ0v) is 12.6. The van der Waals surface area contributed by atoms with Crippen LogP contribution in [0.4, 0.5) is 11.4 Å². The number of anilines is 2. The van der Waals surface area contributed by atoms with E-state index in [4.69, 9.17) is 28.5 Å². The lowest BCUT2D eigenvalue weighted by molar-refractivity contribution is -0.132. The van der Waals surface area contributed by atoms with Gasteiger partial charge in [-0.05, 0) is 36.4 Å². The van der Waals surface area contributed by atoms with E-state index in [-0.39, 0.29) is 0 Å². The molecule has 0 saturated carbocycles. The van der Waals surface area contributed by atoms with E-state index in [1.165, 1.54) is 24.3 Å². The lowest BCUT2D eigenvalue weighted by atomic mass is 10.2. The Bertz CT molecular complexity index is 764. The van der Waals surface area contributed by atoms with Crippen molar-refractivity contribution < 1.29 is 9.59 Å². The number of nitriles is 1. The number of benzene rings is 2. The molecule has 2 rings (SSSR count). The maximum Gasteiger partial charge on any atom is 0.314 e. The highest BCUT2D eigenvalue weighted by molar-refractivity contribution is 6.44. The van der Waals surface area contributed by atoms with Crippen LogP contribution in [0.25, 0.3) is 0 Å². The van der Waals surface area contributed by atoms with Crippen molar-refractivity contribution in [3.63, 3.8) is 0 Å². The van der Waals surface area contributed by atoms with Gasteiger partial charge in [0.25, 0.3) is 0 Å². The van der Waals surface area contributed by atoms with Crippen molar-refractivity contribution in [3.05, 3.63) is 58.1 Å². The molecular formula is C15H9Cl2N3O2. The second kappa shape index (κ2) is 6.94. The molecule has 0 aromatic heterocycles. The zero-order valence-electron chi connectivity index (χ0n) is 11.1. The number of nitrogens with one attached hydrogen (secondary N) is 2. The van der Waals surface area contributed by atoms with E-state index in [0.29, 0.717) is 27.0 Å². The first-order valence-electron chi connectivity index (χ1n) is 6.06. The van der Waals surface area contributed by atoms with Gasteiger partial charge in [-0.1, -0.05) is 29.3 Å². The van der Waals surface area contributed by atoms with Gasteiger partial charge in [0.15, 0.2) is 0 Å². The summed E-state index contributed by atoms with van der Waals surface area (Å²) in [5.41, 5.74) is 1.03. The molecule has 0 aliphatic rings. The van der Waals surface area contributed by atoms with Crippen molar-refractivity contribution in [2.45, 2.75) is 0 Å². The van der Waals surface area contributed by atoms with Crippen LogP contribution >= 0.6 is 23.2 Å². The van der Waals surface area contributed by atoms with Crippen LogP contribution < -0.4 is 10.6 Å². The second-order valence-corrected chi connectivity index (χ2v) is 5.13. The molecule has 2 aromatic rings. The van der Waals surface area contributed by atoms with Gasteiger partial charge in [-0.15, -0.1) is 0 Å². The summed E-state index contributed by atoms with van der Waals surface area (Å²) in [5.74, 6) is -1.74. The van der Waals surface area contributed by atoms with E-state index in [1.54, 1.807) is 18.2 Å². The summed E-state index contributed by atoms with van der Waals surface area (Å²) in [6.07, 6.45) is 0. The highest BCUT2D eigenvalue weighted by Crippen LogP contribution is 2.22. The van der Waals surface area contributed by atoms with Crippen LogP contribution in [0.3, 0.4) is 0 Å². The van der Waals surface area contributed by atoms with E-state index in [1.807, 2.05) is 6.07 Å². The van der Waals surface area contributed by atoms with Crippen molar-refractivity contribution in [1.82, 2.24) is 0 Å². The first-order chi connectivity index (χ1) is 10.5. The fourth-order valence-corrected chi connectivity index (χ4v) is 2.19. The Morgan fingerprint density at radius 1 is 0.909 bits per heavy atom. The summed E-state index contributed by atoms with van der Waals surface area (Å²) in [4.78, 5) is 23.6. The maximum atomic E-state index is 11.8. The minimum Gasteiger partial charge on any atom is -0.318 e. The highest BCUT2D eigenvalue weighted by atomic mass is 35.5. The molecule has 0 fully saturated rings.